The third-order valence-corrected chi connectivity index (χ3v) is 3.75. The summed E-state index contributed by atoms with van der Waals surface area (Å²) in [5, 5.41) is 16.0. The quantitative estimate of drug-likeness (QED) is 0.806. The molecule has 0 saturated carbocycles. The molecule has 2 N–H and O–H groups in total. The number of amides is 1. The van der Waals surface area contributed by atoms with E-state index in [2.05, 4.69) is 24.3 Å². The first-order chi connectivity index (χ1) is 11.8. The number of aliphatic carboxylic acids is 1. The van der Waals surface area contributed by atoms with Crippen molar-refractivity contribution in [2.24, 2.45) is 13.0 Å². The maximum atomic E-state index is 14.0. The molecule has 0 unspecified atom stereocenters. The molecular weight excluding hydrogens is 325 g/mol. The van der Waals surface area contributed by atoms with Gasteiger partial charge in [-0.1, -0.05) is 32.0 Å². The number of hydrogen-bond acceptors (Lipinski definition) is 3. The van der Waals surface area contributed by atoms with Crippen molar-refractivity contribution in [2.45, 2.75) is 32.7 Å². The molecule has 134 valence electrons. The molecule has 0 aliphatic heterocycles. The molecule has 0 aliphatic rings. The number of rotatable bonds is 7. The third kappa shape index (κ3) is 4.89. The highest BCUT2D eigenvalue weighted by Crippen LogP contribution is 2.21. The van der Waals surface area contributed by atoms with Crippen LogP contribution in [0.1, 0.15) is 48.1 Å². The lowest BCUT2D eigenvalue weighted by molar-refractivity contribution is -0.137. The van der Waals surface area contributed by atoms with Crippen LogP contribution in [-0.4, -0.2) is 26.8 Å². The summed E-state index contributed by atoms with van der Waals surface area (Å²) in [5.41, 5.74) is 1.23. The van der Waals surface area contributed by atoms with Crippen molar-refractivity contribution >= 4 is 11.9 Å². The molecule has 0 saturated heterocycles. The molecule has 1 heterocycles. The number of nitrogens with one attached hydrogen (secondary N) is 1. The van der Waals surface area contributed by atoms with Crippen LogP contribution in [0.5, 0.6) is 0 Å². The number of carboxylic acid groups (broad SMARTS) is 1. The van der Waals surface area contributed by atoms with Gasteiger partial charge in [0, 0.05) is 12.6 Å². The monoisotopic (exact) mass is 347 g/mol. The van der Waals surface area contributed by atoms with Crippen LogP contribution in [0.3, 0.4) is 0 Å². The van der Waals surface area contributed by atoms with Crippen LogP contribution in [0.2, 0.25) is 0 Å². The molecule has 0 spiro atoms. The summed E-state index contributed by atoms with van der Waals surface area (Å²) in [4.78, 5) is 23.7. The molecule has 2 rings (SSSR count). The van der Waals surface area contributed by atoms with Crippen molar-refractivity contribution in [1.29, 1.82) is 0 Å². The number of carboxylic acids is 1. The van der Waals surface area contributed by atoms with Crippen LogP contribution in [0.15, 0.2) is 30.3 Å². The fourth-order valence-corrected chi connectivity index (χ4v) is 2.66. The molecule has 0 aliphatic carbocycles. The minimum absolute atomic E-state index is 0.142. The zero-order valence-corrected chi connectivity index (χ0v) is 14.5. The first-order valence-corrected chi connectivity index (χ1v) is 8.08. The predicted molar refractivity (Wildman–Crippen MR) is 90.6 cm³/mol. The van der Waals surface area contributed by atoms with Gasteiger partial charge in [0.1, 0.15) is 11.5 Å². The van der Waals surface area contributed by atoms with Crippen LogP contribution < -0.4 is 5.32 Å². The Kier molecular flexibility index (Phi) is 5.90. The second kappa shape index (κ2) is 7.92. The number of aromatic nitrogens is 2. The number of hydrogen-bond donors (Lipinski definition) is 2. The van der Waals surface area contributed by atoms with E-state index >= 15 is 0 Å². The van der Waals surface area contributed by atoms with Crippen molar-refractivity contribution in [3.05, 3.63) is 53.1 Å². The Bertz CT molecular complexity index is 771. The van der Waals surface area contributed by atoms with Crippen LogP contribution in [0.25, 0.3) is 0 Å². The molecule has 1 aromatic heterocycles. The molecule has 1 amide bonds. The van der Waals surface area contributed by atoms with Crippen molar-refractivity contribution in [1.82, 2.24) is 15.1 Å². The SMILES string of the molecule is CC(C)Cc1cc(C(=O)N[C@H](CC(=O)O)c2ccccc2F)n(C)n1. The van der Waals surface area contributed by atoms with Crippen molar-refractivity contribution in [3.63, 3.8) is 0 Å². The molecule has 7 heteroatoms. The van der Waals surface area contributed by atoms with Gasteiger partial charge in [0.15, 0.2) is 0 Å². The summed E-state index contributed by atoms with van der Waals surface area (Å²) in [6.45, 7) is 4.10. The Balaban J connectivity index is 2.24. The van der Waals surface area contributed by atoms with Gasteiger partial charge < -0.3 is 10.4 Å². The van der Waals surface area contributed by atoms with Gasteiger partial charge in [-0.05, 0) is 24.5 Å². The number of benzene rings is 1. The standard InChI is InChI=1S/C18H22FN3O3/c1-11(2)8-12-9-16(22(3)21-12)18(25)20-15(10-17(23)24)13-6-4-5-7-14(13)19/h4-7,9,11,15H,8,10H2,1-3H3,(H,20,25)(H,23,24)/t15-/m1/s1. The van der Waals surface area contributed by atoms with Gasteiger partial charge in [-0.2, -0.15) is 5.10 Å². The molecule has 25 heavy (non-hydrogen) atoms. The van der Waals surface area contributed by atoms with Crippen molar-refractivity contribution in [2.75, 3.05) is 0 Å². The lowest BCUT2D eigenvalue weighted by atomic mass is 10.0. The number of carbonyl (C=O) groups is 2. The Labute approximate surface area is 145 Å². The molecule has 1 aromatic carbocycles. The lowest BCUT2D eigenvalue weighted by Crippen LogP contribution is -2.32. The average molecular weight is 347 g/mol. The summed E-state index contributed by atoms with van der Waals surface area (Å²) < 4.78 is 15.5. The molecule has 2 aromatic rings. The largest absolute Gasteiger partial charge is 0.481 e. The Morgan fingerprint density at radius 1 is 1.32 bits per heavy atom. The Hall–Kier alpha value is -2.70. The number of aryl methyl sites for hydroxylation is 1. The van der Waals surface area contributed by atoms with Gasteiger partial charge in [0.2, 0.25) is 0 Å². The van der Waals surface area contributed by atoms with E-state index in [4.69, 9.17) is 5.11 Å². The van der Waals surface area contributed by atoms with Crippen LogP contribution in [0, 0.1) is 11.7 Å². The molecule has 0 fully saturated rings. The van der Waals surface area contributed by atoms with Gasteiger partial charge in [-0.15, -0.1) is 0 Å². The van der Waals surface area contributed by atoms with E-state index in [0.29, 0.717) is 11.6 Å². The van der Waals surface area contributed by atoms with Gasteiger partial charge in [-0.25, -0.2) is 4.39 Å². The van der Waals surface area contributed by atoms with E-state index in [9.17, 15) is 14.0 Å². The summed E-state index contributed by atoms with van der Waals surface area (Å²) >= 11 is 0. The van der Waals surface area contributed by atoms with Crippen molar-refractivity contribution in [3.8, 4) is 0 Å². The van der Waals surface area contributed by atoms with Gasteiger partial charge in [-0.3, -0.25) is 14.3 Å². The first kappa shape index (κ1) is 18.6. The first-order valence-electron chi connectivity index (χ1n) is 8.08. The topological polar surface area (TPSA) is 84.2 Å². The third-order valence-electron chi connectivity index (χ3n) is 3.75. The minimum Gasteiger partial charge on any atom is -0.481 e. The maximum absolute atomic E-state index is 14.0. The molecule has 6 nitrogen and oxygen atoms in total. The average Bonchev–Trinajstić information content (AvgIpc) is 2.86. The predicted octanol–water partition coefficient (Wildman–Crippen LogP) is 2.70. The second-order valence-corrected chi connectivity index (χ2v) is 6.39. The van der Waals surface area contributed by atoms with E-state index in [1.807, 2.05) is 0 Å². The molecule has 1 atom stereocenters. The molecule has 0 bridgehead atoms. The zero-order chi connectivity index (χ0) is 18.6. The Morgan fingerprint density at radius 2 is 2.00 bits per heavy atom. The normalized spacial score (nSPS) is 12.2. The smallest absolute Gasteiger partial charge is 0.305 e. The number of nitrogens with zero attached hydrogens (tertiary/aromatic N) is 2. The zero-order valence-electron chi connectivity index (χ0n) is 14.5. The number of halogens is 1. The minimum atomic E-state index is -1.13. The van der Waals surface area contributed by atoms with Gasteiger partial charge >= 0.3 is 5.97 Å². The van der Waals surface area contributed by atoms with E-state index in [-0.39, 0.29) is 5.56 Å². The van der Waals surface area contributed by atoms with E-state index in [1.54, 1.807) is 19.2 Å². The van der Waals surface area contributed by atoms with Crippen LogP contribution >= 0.6 is 0 Å². The fraction of sp³-hybridized carbons (Fsp3) is 0.389. The maximum Gasteiger partial charge on any atom is 0.305 e. The van der Waals surface area contributed by atoms with Gasteiger partial charge in [0.05, 0.1) is 18.2 Å². The summed E-state index contributed by atoms with van der Waals surface area (Å²) in [5.74, 6) is -1.78. The Morgan fingerprint density at radius 3 is 2.60 bits per heavy atom. The highest BCUT2D eigenvalue weighted by Gasteiger charge is 2.23. The lowest BCUT2D eigenvalue weighted by Gasteiger charge is -2.18. The second-order valence-electron chi connectivity index (χ2n) is 6.39. The highest BCUT2D eigenvalue weighted by molar-refractivity contribution is 5.93. The summed E-state index contributed by atoms with van der Waals surface area (Å²) in [6, 6.07) is 6.53. The van der Waals surface area contributed by atoms with Crippen molar-refractivity contribution < 1.29 is 19.1 Å². The molecular formula is C18H22FN3O3. The summed E-state index contributed by atoms with van der Waals surface area (Å²) in [7, 11) is 1.65. The highest BCUT2D eigenvalue weighted by atomic mass is 19.1. The van der Waals surface area contributed by atoms with Gasteiger partial charge in [0.25, 0.3) is 5.91 Å². The fourth-order valence-electron chi connectivity index (χ4n) is 2.66. The number of carbonyl (C=O) groups excluding carboxylic acids is 1. The van der Waals surface area contributed by atoms with E-state index < -0.39 is 30.2 Å². The molecule has 0 radical (unpaired) electrons. The van der Waals surface area contributed by atoms with Crippen LogP contribution in [-0.2, 0) is 18.3 Å². The van der Waals surface area contributed by atoms with E-state index in [1.165, 1.54) is 22.9 Å². The van der Waals surface area contributed by atoms with Crippen LogP contribution in [0.4, 0.5) is 4.39 Å². The van der Waals surface area contributed by atoms with E-state index in [0.717, 1.165) is 12.1 Å². The summed E-state index contributed by atoms with van der Waals surface area (Å²) in [6.07, 6.45) is 0.316.